The molecule has 0 radical (unpaired) electrons. The summed E-state index contributed by atoms with van der Waals surface area (Å²) in [4.78, 5) is 12.2. The molecule has 0 aliphatic heterocycles. The Balaban J connectivity index is 0.00000392. The van der Waals surface area contributed by atoms with Gasteiger partial charge in [0.05, 0.1) is 18.0 Å². The number of nitrogens with two attached hydrogens (primary N) is 1. The highest BCUT2D eigenvalue weighted by Crippen LogP contribution is 2.21. The highest BCUT2D eigenvalue weighted by Gasteiger charge is 2.27. The van der Waals surface area contributed by atoms with E-state index in [9.17, 15) is 22.0 Å². The van der Waals surface area contributed by atoms with Crippen molar-refractivity contribution in [1.29, 1.82) is 0 Å². The van der Waals surface area contributed by atoms with Gasteiger partial charge in [0.25, 0.3) is 21.9 Å². The van der Waals surface area contributed by atoms with Gasteiger partial charge >= 0.3 is 0 Å². The summed E-state index contributed by atoms with van der Waals surface area (Å²) >= 11 is 0. The van der Waals surface area contributed by atoms with Gasteiger partial charge in [0.15, 0.2) is 0 Å². The van der Waals surface area contributed by atoms with Gasteiger partial charge in [0.1, 0.15) is 0 Å². The number of benzene rings is 2. The van der Waals surface area contributed by atoms with Gasteiger partial charge in [-0.05, 0) is 49.2 Å². The summed E-state index contributed by atoms with van der Waals surface area (Å²) in [6.07, 6.45) is 0. The molecule has 0 aliphatic carbocycles. The molecule has 2 aromatic rings. The number of sulfonamides is 1. The van der Waals surface area contributed by atoms with E-state index in [1.165, 1.54) is 24.3 Å². The Morgan fingerprint density at radius 2 is 1.82 bits per heavy atom. The highest BCUT2D eigenvalue weighted by molar-refractivity contribution is 7.92. The molecule has 0 atom stereocenters. The molecule has 2 rings (SSSR count). The summed E-state index contributed by atoms with van der Waals surface area (Å²) in [5.41, 5.74) is 6.48. The second-order valence-electron chi connectivity index (χ2n) is 6.20. The maximum Gasteiger partial charge on any atom is 0.277 e. The number of alkyl halides is 2. The van der Waals surface area contributed by atoms with Gasteiger partial charge in [-0.1, -0.05) is 18.2 Å². The fourth-order valence-corrected chi connectivity index (χ4v) is 3.69. The molecule has 28 heavy (non-hydrogen) atoms. The number of nitrogens with one attached hydrogen (secondary N) is 2. The maximum atomic E-state index is 13.2. The molecule has 154 valence electrons. The average Bonchev–Trinajstić information content (AvgIpc) is 2.61. The van der Waals surface area contributed by atoms with Crippen molar-refractivity contribution < 1.29 is 22.0 Å². The SMILES string of the molecule is Cc1ccc(C)c(S(=O)(=O)Nc2cccc(C(=O)NCC(F)(F)CN)c2)c1.Cl. The van der Waals surface area contributed by atoms with E-state index >= 15 is 0 Å². The number of amides is 1. The first-order valence-corrected chi connectivity index (χ1v) is 9.59. The van der Waals surface area contributed by atoms with Crippen molar-refractivity contribution in [2.45, 2.75) is 24.7 Å². The minimum atomic E-state index is -3.87. The van der Waals surface area contributed by atoms with E-state index in [-0.39, 0.29) is 28.6 Å². The fraction of sp³-hybridized carbons (Fsp3) is 0.278. The lowest BCUT2D eigenvalue weighted by Gasteiger charge is -2.15. The Bertz CT molecular complexity index is 953. The van der Waals surface area contributed by atoms with Gasteiger partial charge in [-0.3, -0.25) is 9.52 Å². The van der Waals surface area contributed by atoms with E-state index < -0.39 is 34.9 Å². The first-order chi connectivity index (χ1) is 12.5. The van der Waals surface area contributed by atoms with Gasteiger partial charge < -0.3 is 11.1 Å². The van der Waals surface area contributed by atoms with Crippen LogP contribution in [0.25, 0.3) is 0 Å². The molecule has 0 spiro atoms. The smallest absolute Gasteiger partial charge is 0.277 e. The normalized spacial score (nSPS) is 11.5. The van der Waals surface area contributed by atoms with Crippen LogP contribution in [0.3, 0.4) is 0 Å². The number of halogens is 3. The summed E-state index contributed by atoms with van der Waals surface area (Å²) in [5.74, 6) is -3.96. The molecule has 0 heterocycles. The molecule has 0 saturated carbocycles. The molecule has 0 saturated heterocycles. The number of hydrogen-bond donors (Lipinski definition) is 3. The molecule has 0 aromatic heterocycles. The van der Waals surface area contributed by atoms with Crippen LogP contribution in [0.15, 0.2) is 47.4 Å². The summed E-state index contributed by atoms with van der Waals surface area (Å²) in [6.45, 7) is 1.67. The monoisotopic (exact) mass is 433 g/mol. The van der Waals surface area contributed by atoms with Crippen LogP contribution in [0.1, 0.15) is 21.5 Å². The second kappa shape index (κ2) is 9.31. The van der Waals surface area contributed by atoms with Gasteiger partial charge in [0.2, 0.25) is 0 Å². The number of aryl methyl sites for hydroxylation is 2. The van der Waals surface area contributed by atoms with Crippen LogP contribution in [0.5, 0.6) is 0 Å². The minimum Gasteiger partial charge on any atom is -0.346 e. The van der Waals surface area contributed by atoms with E-state index in [1.807, 2.05) is 0 Å². The third-order valence-corrected chi connectivity index (χ3v) is 5.34. The topological polar surface area (TPSA) is 101 Å². The summed E-state index contributed by atoms with van der Waals surface area (Å²) in [6, 6.07) is 10.6. The van der Waals surface area contributed by atoms with Crippen LogP contribution in [0, 0.1) is 13.8 Å². The Morgan fingerprint density at radius 3 is 2.46 bits per heavy atom. The van der Waals surface area contributed by atoms with Crippen molar-refractivity contribution in [2.75, 3.05) is 17.8 Å². The summed E-state index contributed by atoms with van der Waals surface area (Å²) < 4.78 is 54.0. The van der Waals surface area contributed by atoms with Gasteiger partial charge in [-0.25, -0.2) is 17.2 Å². The largest absolute Gasteiger partial charge is 0.346 e. The van der Waals surface area contributed by atoms with E-state index in [2.05, 4.69) is 10.0 Å². The van der Waals surface area contributed by atoms with Crippen LogP contribution >= 0.6 is 12.4 Å². The molecule has 2 aromatic carbocycles. The highest BCUT2D eigenvalue weighted by atomic mass is 35.5. The van der Waals surface area contributed by atoms with Crippen LogP contribution in [0.2, 0.25) is 0 Å². The van der Waals surface area contributed by atoms with Crippen LogP contribution < -0.4 is 15.8 Å². The zero-order valence-corrected chi connectivity index (χ0v) is 17.0. The second-order valence-corrected chi connectivity index (χ2v) is 7.85. The zero-order valence-electron chi connectivity index (χ0n) is 15.3. The lowest BCUT2D eigenvalue weighted by molar-refractivity contribution is 0.0118. The Kier molecular flexibility index (Phi) is 7.92. The van der Waals surface area contributed by atoms with Gasteiger partial charge in [0, 0.05) is 11.3 Å². The van der Waals surface area contributed by atoms with Crippen LogP contribution in [0.4, 0.5) is 14.5 Å². The van der Waals surface area contributed by atoms with E-state index in [4.69, 9.17) is 5.73 Å². The fourth-order valence-electron chi connectivity index (χ4n) is 2.31. The molecule has 6 nitrogen and oxygen atoms in total. The Morgan fingerprint density at radius 1 is 1.14 bits per heavy atom. The van der Waals surface area contributed by atoms with Crippen molar-refractivity contribution in [3.05, 3.63) is 59.2 Å². The van der Waals surface area contributed by atoms with E-state index in [0.717, 1.165) is 5.56 Å². The first-order valence-electron chi connectivity index (χ1n) is 8.10. The number of hydrogen-bond acceptors (Lipinski definition) is 4. The van der Waals surface area contributed by atoms with Crippen molar-refractivity contribution in [3.8, 4) is 0 Å². The molecule has 10 heteroatoms. The lowest BCUT2D eigenvalue weighted by Crippen LogP contribution is -2.41. The van der Waals surface area contributed by atoms with Gasteiger partial charge in [-0.2, -0.15) is 0 Å². The third-order valence-electron chi connectivity index (χ3n) is 3.82. The molecular weight excluding hydrogens is 412 g/mol. The Hall–Kier alpha value is -2.23. The van der Waals surface area contributed by atoms with Gasteiger partial charge in [-0.15, -0.1) is 12.4 Å². The van der Waals surface area contributed by atoms with Crippen molar-refractivity contribution in [2.24, 2.45) is 5.73 Å². The standard InChI is InChI=1S/C18H21F2N3O3S.ClH/c1-12-6-7-13(2)16(8-12)27(25,26)23-15-5-3-4-14(9-15)17(24)22-11-18(19,20)10-21;/h3-9,23H,10-11,21H2,1-2H3,(H,22,24);1H. The molecule has 4 N–H and O–H groups in total. The number of rotatable bonds is 7. The Labute approximate surface area is 169 Å². The number of carbonyl (C=O) groups is 1. The van der Waals surface area contributed by atoms with Crippen LogP contribution in [-0.2, 0) is 10.0 Å². The lowest BCUT2D eigenvalue weighted by atomic mass is 10.2. The van der Waals surface area contributed by atoms with Crippen molar-refractivity contribution >= 4 is 34.0 Å². The minimum absolute atomic E-state index is 0. The third kappa shape index (κ3) is 6.15. The van der Waals surface area contributed by atoms with Crippen molar-refractivity contribution in [1.82, 2.24) is 5.32 Å². The maximum absolute atomic E-state index is 13.2. The predicted octanol–water partition coefficient (Wildman–Crippen LogP) is 2.85. The van der Waals surface area contributed by atoms with Crippen molar-refractivity contribution in [3.63, 3.8) is 0 Å². The first kappa shape index (κ1) is 23.8. The number of anilines is 1. The molecular formula is C18H22ClF2N3O3S. The molecule has 1 amide bonds. The summed E-state index contributed by atoms with van der Waals surface area (Å²) in [7, 11) is -3.87. The molecule has 0 unspecified atom stereocenters. The summed E-state index contributed by atoms with van der Waals surface area (Å²) in [5, 5.41) is 2.08. The van der Waals surface area contributed by atoms with Crippen LogP contribution in [-0.4, -0.2) is 33.3 Å². The average molecular weight is 434 g/mol. The molecule has 0 aliphatic rings. The molecule has 0 bridgehead atoms. The number of carbonyl (C=O) groups excluding carboxylic acids is 1. The molecule has 0 fully saturated rings. The van der Waals surface area contributed by atoms with E-state index in [0.29, 0.717) is 5.56 Å². The quantitative estimate of drug-likeness (QED) is 0.624. The predicted molar refractivity (Wildman–Crippen MR) is 107 cm³/mol. The zero-order chi connectivity index (χ0) is 20.2. The van der Waals surface area contributed by atoms with E-state index in [1.54, 1.807) is 32.0 Å².